The summed E-state index contributed by atoms with van der Waals surface area (Å²) < 4.78 is 18.5. The van der Waals surface area contributed by atoms with E-state index in [1.807, 2.05) is 18.2 Å². The van der Waals surface area contributed by atoms with Gasteiger partial charge in [0, 0.05) is 5.02 Å². The molecule has 2 aromatic rings. The Labute approximate surface area is 149 Å². The van der Waals surface area contributed by atoms with Crippen molar-refractivity contribution in [3.05, 3.63) is 63.9 Å². The lowest BCUT2D eigenvalue weighted by Gasteiger charge is -2.08. The number of ether oxygens (including phenoxy) is 1. The summed E-state index contributed by atoms with van der Waals surface area (Å²) in [4.78, 5) is 23.7. The minimum atomic E-state index is -0.622. The molecule has 130 valence electrons. The number of halogens is 2. The Bertz CT molecular complexity index is 822. The van der Waals surface area contributed by atoms with Crippen molar-refractivity contribution >= 4 is 29.2 Å². The van der Waals surface area contributed by atoms with Crippen molar-refractivity contribution in [2.45, 2.75) is 25.7 Å². The topological polar surface area (TPSA) is 55.4 Å². The fraction of sp³-hybridized carbons (Fsp3) is 0.263. The number of aryl methyl sites for hydroxylation is 2. The lowest BCUT2D eigenvalue weighted by Crippen LogP contribution is -2.22. The van der Waals surface area contributed by atoms with Crippen LogP contribution in [0.25, 0.3) is 0 Å². The van der Waals surface area contributed by atoms with Crippen molar-refractivity contribution in [2.75, 3.05) is 11.9 Å². The normalized spacial score (nSPS) is 12.6. The fourth-order valence-electron chi connectivity index (χ4n) is 2.88. The first-order chi connectivity index (χ1) is 12.0. The molecule has 0 radical (unpaired) electrons. The molecule has 0 aromatic heterocycles. The summed E-state index contributed by atoms with van der Waals surface area (Å²) in [5.41, 5.74) is 3.43. The Hall–Kier alpha value is -2.40. The highest BCUT2D eigenvalue weighted by atomic mass is 35.5. The van der Waals surface area contributed by atoms with Crippen LogP contribution in [0.3, 0.4) is 0 Å². The van der Waals surface area contributed by atoms with E-state index in [0.717, 1.165) is 30.9 Å². The van der Waals surface area contributed by atoms with Gasteiger partial charge in [-0.25, -0.2) is 4.39 Å². The number of carbonyl (C=O) groups excluding carboxylic acids is 2. The van der Waals surface area contributed by atoms with Crippen molar-refractivity contribution in [1.29, 1.82) is 0 Å². The molecule has 4 nitrogen and oxygen atoms in total. The predicted molar refractivity (Wildman–Crippen MR) is 93.2 cm³/mol. The lowest BCUT2D eigenvalue weighted by atomic mass is 10.0. The van der Waals surface area contributed by atoms with Gasteiger partial charge in [-0.2, -0.15) is 0 Å². The van der Waals surface area contributed by atoms with E-state index < -0.39 is 24.3 Å². The number of esters is 1. The molecule has 1 N–H and O–H groups in total. The largest absolute Gasteiger partial charge is 0.455 e. The maximum Gasteiger partial charge on any atom is 0.310 e. The van der Waals surface area contributed by atoms with Crippen molar-refractivity contribution in [3.8, 4) is 0 Å². The minimum Gasteiger partial charge on any atom is -0.455 e. The van der Waals surface area contributed by atoms with Gasteiger partial charge in [-0.3, -0.25) is 9.59 Å². The van der Waals surface area contributed by atoms with Crippen LogP contribution in [0.2, 0.25) is 5.02 Å². The van der Waals surface area contributed by atoms with Crippen molar-refractivity contribution in [2.24, 2.45) is 0 Å². The van der Waals surface area contributed by atoms with E-state index >= 15 is 0 Å². The summed E-state index contributed by atoms with van der Waals surface area (Å²) >= 11 is 5.75. The summed E-state index contributed by atoms with van der Waals surface area (Å²) in [6, 6.07) is 9.79. The number of benzene rings is 2. The summed E-state index contributed by atoms with van der Waals surface area (Å²) in [6.07, 6.45) is 3.36. The SMILES string of the molecule is O=C(COC(=O)Cc1ccc2c(c1)CCC2)Nc1cc(Cl)ccc1F. The number of amides is 1. The van der Waals surface area contributed by atoms with Gasteiger partial charge >= 0.3 is 5.97 Å². The monoisotopic (exact) mass is 361 g/mol. The van der Waals surface area contributed by atoms with Crippen molar-refractivity contribution in [3.63, 3.8) is 0 Å². The number of hydrogen-bond donors (Lipinski definition) is 1. The van der Waals surface area contributed by atoms with E-state index in [0.29, 0.717) is 5.02 Å². The number of rotatable bonds is 5. The Morgan fingerprint density at radius 3 is 2.76 bits per heavy atom. The molecule has 0 unspecified atom stereocenters. The third kappa shape index (κ3) is 4.57. The molecule has 0 bridgehead atoms. The van der Waals surface area contributed by atoms with Crippen LogP contribution in [-0.2, 0) is 33.6 Å². The standard InChI is InChI=1S/C19H17ClFNO3/c20-15-6-7-16(21)17(10-15)22-18(23)11-25-19(24)9-12-4-5-13-2-1-3-14(13)8-12/h4-8,10H,1-3,9,11H2,(H,22,23). The van der Waals surface area contributed by atoms with Gasteiger partial charge in [-0.15, -0.1) is 0 Å². The van der Waals surface area contributed by atoms with E-state index in [9.17, 15) is 14.0 Å². The number of hydrogen-bond acceptors (Lipinski definition) is 3. The molecule has 0 atom stereocenters. The molecular weight excluding hydrogens is 345 g/mol. The van der Waals surface area contributed by atoms with E-state index in [-0.39, 0.29) is 12.1 Å². The number of nitrogens with one attached hydrogen (secondary N) is 1. The molecule has 0 fully saturated rings. The quantitative estimate of drug-likeness (QED) is 0.826. The number of fused-ring (bicyclic) bond motifs is 1. The Balaban J connectivity index is 1.50. The molecule has 0 saturated carbocycles. The molecule has 1 aliphatic rings. The number of anilines is 1. The first-order valence-corrected chi connectivity index (χ1v) is 8.40. The van der Waals surface area contributed by atoms with Crippen molar-refractivity contribution in [1.82, 2.24) is 0 Å². The molecule has 6 heteroatoms. The van der Waals surface area contributed by atoms with Crippen LogP contribution in [0.5, 0.6) is 0 Å². The Morgan fingerprint density at radius 2 is 1.92 bits per heavy atom. The van der Waals surface area contributed by atoms with Crippen LogP contribution in [-0.4, -0.2) is 18.5 Å². The lowest BCUT2D eigenvalue weighted by molar-refractivity contribution is -0.146. The summed E-state index contributed by atoms with van der Waals surface area (Å²) in [5.74, 6) is -1.73. The third-order valence-corrected chi connectivity index (χ3v) is 4.31. The molecule has 25 heavy (non-hydrogen) atoms. The van der Waals surface area contributed by atoms with Crippen molar-refractivity contribution < 1.29 is 18.7 Å². The van der Waals surface area contributed by atoms with E-state index in [4.69, 9.17) is 16.3 Å². The minimum absolute atomic E-state index is 0.0489. The fourth-order valence-corrected chi connectivity index (χ4v) is 3.05. The molecule has 0 spiro atoms. The van der Waals surface area contributed by atoms with Crippen LogP contribution in [0, 0.1) is 5.82 Å². The molecular formula is C19H17ClFNO3. The molecule has 0 saturated heterocycles. The maximum absolute atomic E-state index is 13.5. The zero-order valence-corrected chi connectivity index (χ0v) is 14.2. The molecule has 3 rings (SSSR count). The molecule has 0 heterocycles. The average Bonchev–Trinajstić information content (AvgIpc) is 3.04. The van der Waals surface area contributed by atoms with Crippen LogP contribution < -0.4 is 5.32 Å². The van der Waals surface area contributed by atoms with Gasteiger partial charge in [0.15, 0.2) is 6.61 Å². The van der Waals surface area contributed by atoms with Gasteiger partial charge < -0.3 is 10.1 Å². The second kappa shape index (κ2) is 7.66. The zero-order chi connectivity index (χ0) is 17.8. The average molecular weight is 362 g/mol. The maximum atomic E-state index is 13.5. The highest BCUT2D eigenvalue weighted by molar-refractivity contribution is 6.30. The van der Waals surface area contributed by atoms with Gasteiger partial charge in [0.25, 0.3) is 5.91 Å². The van der Waals surface area contributed by atoms with Gasteiger partial charge in [-0.05, 0) is 54.2 Å². The van der Waals surface area contributed by atoms with Gasteiger partial charge in [0.1, 0.15) is 5.82 Å². The van der Waals surface area contributed by atoms with Crippen LogP contribution in [0.15, 0.2) is 36.4 Å². The summed E-state index contributed by atoms with van der Waals surface area (Å²) in [6.45, 7) is -0.476. The Morgan fingerprint density at radius 1 is 1.12 bits per heavy atom. The highest BCUT2D eigenvalue weighted by Crippen LogP contribution is 2.23. The third-order valence-electron chi connectivity index (χ3n) is 4.08. The van der Waals surface area contributed by atoms with Gasteiger partial charge in [-0.1, -0.05) is 29.8 Å². The summed E-state index contributed by atoms with van der Waals surface area (Å²) in [7, 11) is 0. The number of carbonyl (C=O) groups is 2. The molecule has 1 amide bonds. The first-order valence-electron chi connectivity index (χ1n) is 8.02. The Kier molecular flexibility index (Phi) is 5.34. The highest BCUT2D eigenvalue weighted by Gasteiger charge is 2.14. The first kappa shape index (κ1) is 17.4. The summed E-state index contributed by atoms with van der Waals surface area (Å²) in [5, 5.41) is 2.63. The second-order valence-electron chi connectivity index (χ2n) is 5.97. The molecule has 0 aliphatic heterocycles. The van der Waals surface area contributed by atoms with Crippen LogP contribution in [0.4, 0.5) is 10.1 Å². The van der Waals surface area contributed by atoms with Gasteiger partial charge in [0.05, 0.1) is 12.1 Å². The second-order valence-corrected chi connectivity index (χ2v) is 6.40. The smallest absolute Gasteiger partial charge is 0.310 e. The molecule has 2 aromatic carbocycles. The van der Waals surface area contributed by atoms with E-state index in [1.54, 1.807) is 0 Å². The van der Waals surface area contributed by atoms with Gasteiger partial charge in [0.2, 0.25) is 0 Å². The molecule has 1 aliphatic carbocycles. The van der Waals surface area contributed by atoms with E-state index in [2.05, 4.69) is 5.32 Å². The van der Waals surface area contributed by atoms with Crippen LogP contribution >= 0.6 is 11.6 Å². The van der Waals surface area contributed by atoms with Crippen LogP contribution in [0.1, 0.15) is 23.1 Å². The predicted octanol–water partition coefficient (Wildman–Crippen LogP) is 3.69. The zero-order valence-electron chi connectivity index (χ0n) is 13.5. The van der Waals surface area contributed by atoms with E-state index in [1.165, 1.54) is 23.3 Å².